The summed E-state index contributed by atoms with van der Waals surface area (Å²) in [7, 11) is 0. The van der Waals surface area contributed by atoms with Crippen LogP contribution in [0.25, 0.3) is 0 Å². The van der Waals surface area contributed by atoms with Gasteiger partial charge in [0.25, 0.3) is 0 Å². The molecule has 0 saturated heterocycles. The Morgan fingerprint density at radius 3 is 2.67 bits per heavy atom. The molecule has 1 N–H and O–H groups in total. The van der Waals surface area contributed by atoms with E-state index >= 15 is 0 Å². The number of carboxylic acid groups (broad SMARTS) is 1. The van der Waals surface area contributed by atoms with E-state index in [0.29, 0.717) is 11.5 Å². The Kier molecular flexibility index (Phi) is 3.06. The Bertz CT molecular complexity index is 476. The van der Waals surface area contributed by atoms with Crippen LogP contribution in [0.5, 0.6) is 0 Å². The van der Waals surface area contributed by atoms with Crippen LogP contribution in [0, 0.1) is 0 Å². The minimum atomic E-state index is -0.808. The zero-order chi connectivity index (χ0) is 12.5. The Balaban J connectivity index is 2.08. The Labute approximate surface area is 107 Å². The zero-order valence-corrected chi connectivity index (χ0v) is 10.6. The molecule has 96 valence electrons. The van der Waals surface area contributed by atoms with Gasteiger partial charge in [-0.1, -0.05) is 19.3 Å². The van der Waals surface area contributed by atoms with Gasteiger partial charge in [0.2, 0.25) is 0 Å². The number of pyridine rings is 1. The molecule has 0 aliphatic heterocycles. The van der Waals surface area contributed by atoms with E-state index in [1.54, 1.807) is 6.20 Å². The van der Waals surface area contributed by atoms with Crippen molar-refractivity contribution in [3.05, 3.63) is 28.6 Å². The largest absolute Gasteiger partial charge is 0.478 e. The normalized spacial score (nSPS) is 19.8. The van der Waals surface area contributed by atoms with Crippen LogP contribution >= 0.6 is 0 Å². The lowest BCUT2D eigenvalue weighted by Gasteiger charge is -2.25. The first-order valence-corrected chi connectivity index (χ1v) is 7.01. The van der Waals surface area contributed by atoms with Crippen molar-refractivity contribution in [2.75, 3.05) is 0 Å². The topological polar surface area (TPSA) is 50.2 Å². The van der Waals surface area contributed by atoms with E-state index in [1.807, 2.05) is 0 Å². The molecular formula is C15H19NO2. The third-order valence-corrected chi connectivity index (χ3v) is 4.40. The molecule has 0 amide bonds. The van der Waals surface area contributed by atoms with Gasteiger partial charge in [0.1, 0.15) is 0 Å². The third kappa shape index (κ3) is 1.92. The molecule has 1 heterocycles. The molecule has 2 aliphatic rings. The average Bonchev–Trinajstić information content (AvgIpc) is 2.86. The summed E-state index contributed by atoms with van der Waals surface area (Å²) >= 11 is 0. The second-order valence-corrected chi connectivity index (χ2v) is 5.50. The van der Waals surface area contributed by atoms with E-state index in [2.05, 4.69) is 4.98 Å². The fourth-order valence-corrected chi connectivity index (χ4v) is 3.56. The highest BCUT2D eigenvalue weighted by atomic mass is 16.4. The van der Waals surface area contributed by atoms with Gasteiger partial charge in [0, 0.05) is 11.9 Å². The summed E-state index contributed by atoms with van der Waals surface area (Å²) in [5.41, 5.74) is 4.01. The van der Waals surface area contributed by atoms with Crippen LogP contribution < -0.4 is 0 Å². The quantitative estimate of drug-likeness (QED) is 0.869. The van der Waals surface area contributed by atoms with Crippen LogP contribution in [0.1, 0.15) is 71.6 Å². The SMILES string of the molecule is O=C(O)c1cnc2c(c1C1CCCCC1)CCC2. The Morgan fingerprint density at radius 1 is 1.17 bits per heavy atom. The van der Waals surface area contributed by atoms with Gasteiger partial charge in [-0.25, -0.2) is 4.79 Å². The average molecular weight is 245 g/mol. The van der Waals surface area contributed by atoms with E-state index in [4.69, 9.17) is 0 Å². The summed E-state index contributed by atoms with van der Waals surface area (Å²) in [6.45, 7) is 0. The number of hydrogen-bond acceptors (Lipinski definition) is 2. The summed E-state index contributed by atoms with van der Waals surface area (Å²) in [6.07, 6.45) is 10.8. The number of aromatic carboxylic acids is 1. The Morgan fingerprint density at radius 2 is 1.94 bits per heavy atom. The first-order valence-electron chi connectivity index (χ1n) is 7.01. The molecule has 3 heteroatoms. The van der Waals surface area contributed by atoms with E-state index in [0.717, 1.165) is 43.4 Å². The van der Waals surface area contributed by atoms with Gasteiger partial charge in [0.15, 0.2) is 0 Å². The summed E-state index contributed by atoms with van der Waals surface area (Å²) < 4.78 is 0. The van der Waals surface area contributed by atoms with Gasteiger partial charge in [-0.3, -0.25) is 4.98 Å². The molecule has 1 fully saturated rings. The molecule has 3 rings (SSSR count). The van der Waals surface area contributed by atoms with Crippen molar-refractivity contribution in [2.24, 2.45) is 0 Å². The molecule has 0 unspecified atom stereocenters. The van der Waals surface area contributed by atoms with Gasteiger partial charge in [-0.15, -0.1) is 0 Å². The summed E-state index contributed by atoms with van der Waals surface area (Å²) in [4.78, 5) is 15.8. The van der Waals surface area contributed by atoms with Gasteiger partial charge >= 0.3 is 5.97 Å². The number of rotatable bonds is 2. The minimum Gasteiger partial charge on any atom is -0.478 e. The monoisotopic (exact) mass is 245 g/mol. The number of aromatic nitrogens is 1. The van der Waals surface area contributed by atoms with Crippen LogP contribution in [0.2, 0.25) is 0 Å². The van der Waals surface area contributed by atoms with Crippen LogP contribution in [-0.4, -0.2) is 16.1 Å². The molecule has 1 aromatic rings. The lowest BCUT2D eigenvalue weighted by Crippen LogP contribution is -2.14. The molecule has 0 radical (unpaired) electrons. The van der Waals surface area contributed by atoms with Crippen molar-refractivity contribution in [1.82, 2.24) is 4.98 Å². The van der Waals surface area contributed by atoms with Gasteiger partial charge < -0.3 is 5.11 Å². The highest BCUT2D eigenvalue weighted by molar-refractivity contribution is 5.90. The molecule has 1 saturated carbocycles. The van der Waals surface area contributed by atoms with Crippen LogP contribution in [-0.2, 0) is 12.8 Å². The molecular weight excluding hydrogens is 226 g/mol. The second-order valence-electron chi connectivity index (χ2n) is 5.50. The number of fused-ring (bicyclic) bond motifs is 1. The smallest absolute Gasteiger partial charge is 0.337 e. The van der Waals surface area contributed by atoms with Gasteiger partial charge in [0.05, 0.1) is 5.56 Å². The highest BCUT2D eigenvalue weighted by Crippen LogP contribution is 2.39. The number of nitrogens with zero attached hydrogens (tertiary/aromatic N) is 1. The predicted molar refractivity (Wildman–Crippen MR) is 69.0 cm³/mol. The zero-order valence-electron chi connectivity index (χ0n) is 10.6. The molecule has 0 bridgehead atoms. The molecule has 18 heavy (non-hydrogen) atoms. The number of aryl methyl sites for hydroxylation is 1. The van der Waals surface area contributed by atoms with E-state index < -0.39 is 5.97 Å². The molecule has 0 aromatic carbocycles. The molecule has 1 aromatic heterocycles. The summed E-state index contributed by atoms with van der Waals surface area (Å²) in [5, 5.41) is 9.39. The molecule has 0 spiro atoms. The van der Waals surface area contributed by atoms with Crippen molar-refractivity contribution in [1.29, 1.82) is 0 Å². The van der Waals surface area contributed by atoms with Crippen LogP contribution in [0.3, 0.4) is 0 Å². The predicted octanol–water partition coefficient (Wildman–Crippen LogP) is 3.32. The lowest BCUT2D eigenvalue weighted by molar-refractivity contribution is 0.0694. The van der Waals surface area contributed by atoms with Crippen molar-refractivity contribution in [3.8, 4) is 0 Å². The number of carboxylic acids is 1. The Hall–Kier alpha value is -1.38. The van der Waals surface area contributed by atoms with Crippen LogP contribution in [0.15, 0.2) is 6.20 Å². The maximum absolute atomic E-state index is 11.4. The lowest BCUT2D eigenvalue weighted by atomic mass is 9.80. The number of carbonyl (C=O) groups is 1. The maximum Gasteiger partial charge on any atom is 0.337 e. The molecule has 3 nitrogen and oxygen atoms in total. The molecule has 0 atom stereocenters. The number of hydrogen-bond donors (Lipinski definition) is 1. The first kappa shape index (κ1) is 11.7. The summed E-state index contributed by atoms with van der Waals surface area (Å²) in [6, 6.07) is 0. The highest BCUT2D eigenvalue weighted by Gasteiger charge is 2.28. The molecule has 2 aliphatic carbocycles. The van der Waals surface area contributed by atoms with E-state index in [9.17, 15) is 9.90 Å². The standard InChI is InChI=1S/C15H19NO2/c17-15(18)12-9-16-13-8-4-7-11(13)14(12)10-5-2-1-3-6-10/h9-10H,1-8H2,(H,17,18). The van der Waals surface area contributed by atoms with Crippen LogP contribution in [0.4, 0.5) is 0 Å². The third-order valence-electron chi connectivity index (χ3n) is 4.40. The second kappa shape index (κ2) is 4.71. The summed E-state index contributed by atoms with van der Waals surface area (Å²) in [5.74, 6) is -0.350. The first-order chi connectivity index (χ1) is 8.77. The van der Waals surface area contributed by atoms with Crippen molar-refractivity contribution in [3.63, 3.8) is 0 Å². The van der Waals surface area contributed by atoms with E-state index in [-0.39, 0.29) is 0 Å². The van der Waals surface area contributed by atoms with Crippen molar-refractivity contribution in [2.45, 2.75) is 57.3 Å². The maximum atomic E-state index is 11.4. The van der Waals surface area contributed by atoms with E-state index in [1.165, 1.54) is 24.8 Å². The van der Waals surface area contributed by atoms with Crippen molar-refractivity contribution >= 4 is 5.97 Å². The minimum absolute atomic E-state index is 0.458. The fourth-order valence-electron chi connectivity index (χ4n) is 3.56. The fraction of sp³-hybridized carbons (Fsp3) is 0.600. The van der Waals surface area contributed by atoms with Gasteiger partial charge in [-0.2, -0.15) is 0 Å². The van der Waals surface area contributed by atoms with Gasteiger partial charge in [-0.05, 0) is 49.1 Å². The van der Waals surface area contributed by atoms with Crippen molar-refractivity contribution < 1.29 is 9.90 Å².